The van der Waals surface area contributed by atoms with Crippen LogP contribution in [0.5, 0.6) is 0 Å². The van der Waals surface area contributed by atoms with E-state index in [0.29, 0.717) is 25.7 Å². The summed E-state index contributed by atoms with van der Waals surface area (Å²) in [6.45, 7) is 7.09. The van der Waals surface area contributed by atoms with E-state index in [2.05, 4.69) is 18.9 Å². The standard InChI is InChI=1S/C11H20N2O2/c1-4-15-8-11(14)7-10-5-6-13(12-10)9(2)3/h5-6,9,11,14H,4,7-8H2,1-3H3. The van der Waals surface area contributed by atoms with Crippen molar-refractivity contribution in [2.45, 2.75) is 39.3 Å². The van der Waals surface area contributed by atoms with Crippen molar-refractivity contribution in [2.24, 2.45) is 0 Å². The number of ether oxygens (including phenoxy) is 1. The molecule has 1 heterocycles. The van der Waals surface area contributed by atoms with Crippen molar-refractivity contribution in [3.05, 3.63) is 18.0 Å². The van der Waals surface area contributed by atoms with Crippen LogP contribution in [0.3, 0.4) is 0 Å². The monoisotopic (exact) mass is 212 g/mol. The fraction of sp³-hybridized carbons (Fsp3) is 0.727. The minimum Gasteiger partial charge on any atom is -0.390 e. The van der Waals surface area contributed by atoms with E-state index in [4.69, 9.17) is 4.74 Å². The van der Waals surface area contributed by atoms with Crippen LogP contribution < -0.4 is 0 Å². The van der Waals surface area contributed by atoms with Gasteiger partial charge in [-0.05, 0) is 26.8 Å². The van der Waals surface area contributed by atoms with Crippen molar-refractivity contribution >= 4 is 0 Å². The smallest absolute Gasteiger partial charge is 0.0829 e. The average molecular weight is 212 g/mol. The van der Waals surface area contributed by atoms with E-state index in [1.807, 2.05) is 23.9 Å². The first-order valence-electron chi connectivity index (χ1n) is 5.43. The summed E-state index contributed by atoms with van der Waals surface area (Å²) in [7, 11) is 0. The van der Waals surface area contributed by atoms with Crippen LogP contribution in [0.25, 0.3) is 0 Å². The molecule has 1 atom stereocenters. The van der Waals surface area contributed by atoms with E-state index >= 15 is 0 Å². The average Bonchev–Trinajstić information content (AvgIpc) is 2.63. The lowest BCUT2D eigenvalue weighted by Crippen LogP contribution is -2.18. The van der Waals surface area contributed by atoms with Gasteiger partial charge in [-0.2, -0.15) is 5.10 Å². The van der Waals surface area contributed by atoms with Gasteiger partial charge in [0.25, 0.3) is 0 Å². The Morgan fingerprint density at radius 2 is 2.27 bits per heavy atom. The Hall–Kier alpha value is -0.870. The molecule has 1 aromatic heterocycles. The third-order valence-electron chi connectivity index (χ3n) is 2.15. The Labute approximate surface area is 90.9 Å². The number of aliphatic hydroxyl groups is 1. The second-order valence-corrected chi connectivity index (χ2v) is 3.90. The molecule has 4 heteroatoms. The van der Waals surface area contributed by atoms with Gasteiger partial charge >= 0.3 is 0 Å². The van der Waals surface area contributed by atoms with Crippen LogP contribution in [0, 0.1) is 0 Å². The van der Waals surface area contributed by atoms with Crippen molar-refractivity contribution in [3.8, 4) is 0 Å². The van der Waals surface area contributed by atoms with Crippen molar-refractivity contribution in [3.63, 3.8) is 0 Å². The molecule has 0 spiro atoms. The highest BCUT2D eigenvalue weighted by molar-refractivity contribution is 5.01. The van der Waals surface area contributed by atoms with Gasteiger partial charge in [-0.15, -0.1) is 0 Å². The van der Waals surface area contributed by atoms with Gasteiger partial charge in [0.2, 0.25) is 0 Å². The second-order valence-electron chi connectivity index (χ2n) is 3.90. The molecule has 4 nitrogen and oxygen atoms in total. The molecule has 1 N–H and O–H groups in total. The number of hydrogen-bond donors (Lipinski definition) is 1. The number of aromatic nitrogens is 2. The highest BCUT2D eigenvalue weighted by Crippen LogP contribution is 2.06. The molecule has 0 aliphatic heterocycles. The molecular weight excluding hydrogens is 192 g/mol. The summed E-state index contributed by atoms with van der Waals surface area (Å²) in [6.07, 6.45) is 2.04. The summed E-state index contributed by atoms with van der Waals surface area (Å²) in [4.78, 5) is 0. The zero-order valence-electron chi connectivity index (χ0n) is 9.68. The molecule has 1 rings (SSSR count). The van der Waals surface area contributed by atoms with Gasteiger partial charge < -0.3 is 9.84 Å². The van der Waals surface area contributed by atoms with Crippen molar-refractivity contribution in [1.82, 2.24) is 9.78 Å². The lowest BCUT2D eigenvalue weighted by atomic mass is 10.2. The quantitative estimate of drug-likeness (QED) is 0.775. The summed E-state index contributed by atoms with van der Waals surface area (Å²) in [5.74, 6) is 0. The zero-order valence-corrected chi connectivity index (χ0v) is 9.68. The first-order chi connectivity index (χ1) is 7.13. The Morgan fingerprint density at radius 1 is 1.53 bits per heavy atom. The molecule has 0 aliphatic rings. The predicted octanol–water partition coefficient (Wildman–Crippen LogP) is 1.40. The van der Waals surface area contributed by atoms with Crippen molar-refractivity contribution in [2.75, 3.05) is 13.2 Å². The lowest BCUT2D eigenvalue weighted by molar-refractivity contribution is 0.0424. The van der Waals surface area contributed by atoms with E-state index in [9.17, 15) is 5.11 Å². The minimum atomic E-state index is -0.458. The maximum atomic E-state index is 9.61. The maximum Gasteiger partial charge on any atom is 0.0829 e. The Balaban J connectivity index is 2.42. The third-order valence-corrected chi connectivity index (χ3v) is 2.15. The van der Waals surface area contributed by atoms with Gasteiger partial charge in [0.1, 0.15) is 0 Å². The van der Waals surface area contributed by atoms with Crippen molar-refractivity contribution in [1.29, 1.82) is 0 Å². The van der Waals surface area contributed by atoms with E-state index in [1.165, 1.54) is 0 Å². The number of nitrogens with zero attached hydrogens (tertiary/aromatic N) is 2. The topological polar surface area (TPSA) is 47.3 Å². The molecule has 0 aromatic carbocycles. The first kappa shape index (κ1) is 12.2. The summed E-state index contributed by atoms with van der Waals surface area (Å²) < 4.78 is 7.03. The summed E-state index contributed by atoms with van der Waals surface area (Å²) in [6, 6.07) is 2.30. The minimum absolute atomic E-state index is 0.364. The number of aliphatic hydroxyl groups excluding tert-OH is 1. The molecule has 1 unspecified atom stereocenters. The molecule has 0 aliphatic carbocycles. The molecule has 0 bridgehead atoms. The normalized spacial score (nSPS) is 13.4. The SMILES string of the molecule is CCOCC(O)Cc1ccn(C(C)C)n1. The van der Waals surface area contributed by atoms with Crippen LogP contribution in [0.15, 0.2) is 12.3 Å². The fourth-order valence-electron chi connectivity index (χ4n) is 1.33. The van der Waals surface area contributed by atoms with Crippen LogP contribution in [-0.4, -0.2) is 34.2 Å². The molecule has 0 amide bonds. The van der Waals surface area contributed by atoms with E-state index in [1.54, 1.807) is 0 Å². The largest absolute Gasteiger partial charge is 0.390 e. The lowest BCUT2D eigenvalue weighted by Gasteiger charge is -2.08. The Kier molecular flexibility index (Phi) is 4.78. The van der Waals surface area contributed by atoms with Crippen LogP contribution in [0.2, 0.25) is 0 Å². The summed E-state index contributed by atoms with van der Waals surface area (Å²) in [5.41, 5.74) is 0.913. The zero-order chi connectivity index (χ0) is 11.3. The van der Waals surface area contributed by atoms with Crippen LogP contribution in [0.1, 0.15) is 32.5 Å². The van der Waals surface area contributed by atoms with Gasteiger partial charge in [0.15, 0.2) is 0 Å². The van der Waals surface area contributed by atoms with Crippen LogP contribution in [0.4, 0.5) is 0 Å². The molecular formula is C11H20N2O2. The summed E-state index contributed by atoms with van der Waals surface area (Å²) >= 11 is 0. The molecule has 15 heavy (non-hydrogen) atoms. The second kappa shape index (κ2) is 5.88. The van der Waals surface area contributed by atoms with Gasteiger partial charge in [-0.1, -0.05) is 0 Å². The Bertz CT molecular complexity index is 284. The highest BCUT2D eigenvalue weighted by Gasteiger charge is 2.08. The van der Waals surface area contributed by atoms with E-state index in [-0.39, 0.29) is 0 Å². The molecule has 0 saturated heterocycles. The van der Waals surface area contributed by atoms with Crippen LogP contribution in [-0.2, 0) is 11.2 Å². The molecule has 0 saturated carbocycles. The van der Waals surface area contributed by atoms with E-state index in [0.717, 1.165) is 5.69 Å². The fourth-order valence-corrected chi connectivity index (χ4v) is 1.33. The van der Waals surface area contributed by atoms with Crippen molar-refractivity contribution < 1.29 is 9.84 Å². The van der Waals surface area contributed by atoms with Crippen LogP contribution >= 0.6 is 0 Å². The molecule has 0 radical (unpaired) electrons. The number of hydrogen-bond acceptors (Lipinski definition) is 3. The predicted molar refractivity (Wildman–Crippen MR) is 58.8 cm³/mol. The molecule has 1 aromatic rings. The summed E-state index contributed by atoms with van der Waals surface area (Å²) in [5, 5.41) is 14.0. The van der Waals surface area contributed by atoms with E-state index < -0.39 is 6.10 Å². The highest BCUT2D eigenvalue weighted by atomic mass is 16.5. The third kappa shape index (κ3) is 4.01. The van der Waals surface area contributed by atoms with Gasteiger partial charge in [-0.25, -0.2) is 0 Å². The Morgan fingerprint density at radius 3 is 2.80 bits per heavy atom. The van der Waals surface area contributed by atoms with Gasteiger partial charge in [-0.3, -0.25) is 4.68 Å². The van der Waals surface area contributed by atoms with Gasteiger partial charge in [0, 0.05) is 25.3 Å². The molecule has 86 valence electrons. The first-order valence-corrected chi connectivity index (χ1v) is 5.43. The van der Waals surface area contributed by atoms with Gasteiger partial charge in [0.05, 0.1) is 18.4 Å². The molecule has 0 fully saturated rings. The maximum absolute atomic E-state index is 9.61. The number of rotatable bonds is 6.